The molecule has 6 nitrogen and oxygen atoms in total. The predicted molar refractivity (Wildman–Crippen MR) is 98.6 cm³/mol. The molecule has 0 aliphatic carbocycles. The van der Waals surface area contributed by atoms with E-state index in [1.54, 1.807) is 37.4 Å². The zero-order valence-corrected chi connectivity index (χ0v) is 15.4. The number of carbonyl (C=O) groups is 2. The molecule has 0 spiro atoms. The number of rotatable bonds is 7. The molecule has 0 aromatic heterocycles. The van der Waals surface area contributed by atoms with Crippen LogP contribution in [0.3, 0.4) is 0 Å². The monoisotopic (exact) mass is 357 g/mol. The molecule has 0 aliphatic rings. The molecule has 0 radical (unpaired) electrons. The fourth-order valence-corrected chi connectivity index (χ4v) is 2.15. The van der Waals surface area contributed by atoms with Gasteiger partial charge in [-0.3, -0.25) is 4.79 Å². The Morgan fingerprint density at radius 2 is 1.65 bits per heavy atom. The minimum atomic E-state index is -0.937. The number of carbonyl (C=O) groups excluding carboxylic acids is 2. The van der Waals surface area contributed by atoms with Crippen molar-refractivity contribution >= 4 is 17.6 Å². The quantitative estimate of drug-likeness (QED) is 0.770. The van der Waals surface area contributed by atoms with Gasteiger partial charge in [-0.2, -0.15) is 0 Å². The van der Waals surface area contributed by atoms with Crippen LogP contribution in [0.15, 0.2) is 42.5 Å². The van der Waals surface area contributed by atoms with E-state index >= 15 is 0 Å². The van der Waals surface area contributed by atoms with Crippen LogP contribution in [0.4, 0.5) is 5.69 Å². The Morgan fingerprint density at radius 1 is 1.00 bits per heavy atom. The molecule has 0 heterocycles. The third-order valence-corrected chi connectivity index (χ3v) is 3.87. The summed E-state index contributed by atoms with van der Waals surface area (Å²) in [5.74, 6) is 0.238. The van der Waals surface area contributed by atoms with Crippen molar-refractivity contribution in [1.82, 2.24) is 0 Å². The van der Waals surface area contributed by atoms with E-state index < -0.39 is 18.0 Å². The molecule has 0 bridgehead atoms. The van der Waals surface area contributed by atoms with Crippen LogP contribution < -0.4 is 14.8 Å². The van der Waals surface area contributed by atoms with Crippen molar-refractivity contribution < 1.29 is 23.8 Å². The maximum Gasteiger partial charge on any atom is 0.344 e. The number of esters is 1. The second-order valence-electron chi connectivity index (χ2n) is 5.88. The minimum Gasteiger partial charge on any atom is -0.497 e. The predicted octanol–water partition coefficient (Wildman–Crippen LogP) is 3.26. The van der Waals surface area contributed by atoms with Gasteiger partial charge in [-0.25, -0.2) is 4.79 Å². The summed E-state index contributed by atoms with van der Waals surface area (Å²) in [6.07, 6.45) is -0.937. The molecule has 138 valence electrons. The molecular formula is C20H23NO5. The van der Waals surface area contributed by atoms with Gasteiger partial charge >= 0.3 is 5.97 Å². The maximum absolute atomic E-state index is 12.1. The summed E-state index contributed by atoms with van der Waals surface area (Å²) < 4.78 is 15.6. The zero-order chi connectivity index (χ0) is 19.1. The lowest BCUT2D eigenvalue weighted by atomic mass is 10.1. The van der Waals surface area contributed by atoms with Gasteiger partial charge in [0.2, 0.25) is 0 Å². The van der Waals surface area contributed by atoms with Crippen LogP contribution in [0.5, 0.6) is 11.5 Å². The van der Waals surface area contributed by atoms with Crippen LogP contribution in [0.2, 0.25) is 0 Å². The molecule has 0 fully saturated rings. The van der Waals surface area contributed by atoms with E-state index in [0.717, 1.165) is 11.1 Å². The largest absolute Gasteiger partial charge is 0.497 e. The molecule has 6 heteroatoms. The molecule has 26 heavy (non-hydrogen) atoms. The van der Waals surface area contributed by atoms with Crippen molar-refractivity contribution in [2.24, 2.45) is 0 Å². The van der Waals surface area contributed by atoms with E-state index in [-0.39, 0.29) is 6.61 Å². The lowest BCUT2D eigenvalue weighted by Crippen LogP contribution is -2.31. The Morgan fingerprint density at radius 3 is 2.27 bits per heavy atom. The Bertz CT molecular complexity index is 770. The Balaban J connectivity index is 1.81. The Labute approximate surface area is 153 Å². The summed E-state index contributed by atoms with van der Waals surface area (Å²) >= 11 is 0. The number of anilines is 1. The summed E-state index contributed by atoms with van der Waals surface area (Å²) in [7, 11) is 1.56. The second-order valence-corrected chi connectivity index (χ2v) is 5.88. The van der Waals surface area contributed by atoms with E-state index in [9.17, 15) is 9.59 Å². The van der Waals surface area contributed by atoms with Crippen molar-refractivity contribution in [3.63, 3.8) is 0 Å². The highest BCUT2D eigenvalue weighted by atomic mass is 16.6. The van der Waals surface area contributed by atoms with Crippen molar-refractivity contribution in [3.8, 4) is 11.5 Å². The number of nitrogens with one attached hydrogen (secondary N) is 1. The lowest BCUT2D eigenvalue weighted by molar-refractivity contribution is -0.155. The van der Waals surface area contributed by atoms with Crippen molar-refractivity contribution in [3.05, 3.63) is 53.6 Å². The third-order valence-electron chi connectivity index (χ3n) is 3.87. The number of amides is 1. The topological polar surface area (TPSA) is 73.9 Å². The number of ether oxygens (including phenoxy) is 3. The fourth-order valence-electron chi connectivity index (χ4n) is 2.15. The summed E-state index contributed by atoms with van der Waals surface area (Å²) in [4.78, 5) is 24.0. The van der Waals surface area contributed by atoms with E-state index in [2.05, 4.69) is 5.32 Å². The molecule has 0 unspecified atom stereocenters. The average Bonchev–Trinajstić information content (AvgIpc) is 2.63. The Kier molecular flexibility index (Phi) is 6.60. The molecule has 0 aliphatic heterocycles. The van der Waals surface area contributed by atoms with Crippen LogP contribution in [0, 0.1) is 13.8 Å². The average molecular weight is 357 g/mol. The summed E-state index contributed by atoms with van der Waals surface area (Å²) in [6.45, 7) is 5.21. The van der Waals surface area contributed by atoms with E-state index in [0.29, 0.717) is 17.2 Å². The van der Waals surface area contributed by atoms with E-state index in [1.165, 1.54) is 6.92 Å². The third kappa shape index (κ3) is 5.51. The number of methoxy groups -OCH3 is 1. The summed E-state index contributed by atoms with van der Waals surface area (Å²) in [6, 6.07) is 12.4. The standard InChI is InChI=1S/C20H23NO5/c1-13-5-8-18(11-14(13)2)25-12-19(22)26-15(3)20(23)21-16-6-9-17(24-4)10-7-16/h5-11,15H,12H2,1-4H3,(H,21,23)/t15-/m1/s1. The second kappa shape index (κ2) is 8.89. The van der Waals surface area contributed by atoms with Gasteiger partial charge < -0.3 is 19.5 Å². The highest BCUT2D eigenvalue weighted by Gasteiger charge is 2.18. The van der Waals surface area contributed by atoms with Crippen molar-refractivity contribution in [2.45, 2.75) is 26.9 Å². The molecule has 1 amide bonds. The molecule has 2 rings (SSSR count). The number of aryl methyl sites for hydroxylation is 2. The normalized spacial score (nSPS) is 11.4. The van der Waals surface area contributed by atoms with Crippen molar-refractivity contribution in [1.29, 1.82) is 0 Å². The first-order chi connectivity index (χ1) is 12.4. The molecule has 0 saturated heterocycles. The molecule has 1 N–H and O–H groups in total. The van der Waals surface area contributed by atoms with Gasteiger partial charge in [-0.1, -0.05) is 6.07 Å². The van der Waals surface area contributed by atoms with Gasteiger partial charge in [0.05, 0.1) is 7.11 Å². The highest BCUT2D eigenvalue weighted by Crippen LogP contribution is 2.17. The summed E-state index contributed by atoms with van der Waals surface area (Å²) in [5.41, 5.74) is 2.80. The van der Waals surface area contributed by atoms with Crippen LogP contribution in [-0.2, 0) is 14.3 Å². The van der Waals surface area contributed by atoms with E-state index in [1.807, 2.05) is 26.0 Å². The molecule has 2 aromatic rings. The lowest BCUT2D eigenvalue weighted by Gasteiger charge is -2.14. The van der Waals surface area contributed by atoms with Crippen LogP contribution in [0.1, 0.15) is 18.1 Å². The molecule has 0 saturated carbocycles. The number of hydrogen-bond donors (Lipinski definition) is 1. The smallest absolute Gasteiger partial charge is 0.344 e. The van der Waals surface area contributed by atoms with Gasteiger partial charge in [-0.05, 0) is 68.3 Å². The van der Waals surface area contributed by atoms with Crippen LogP contribution in [-0.4, -0.2) is 31.7 Å². The van der Waals surface area contributed by atoms with Gasteiger partial charge in [-0.15, -0.1) is 0 Å². The first-order valence-corrected chi connectivity index (χ1v) is 8.23. The van der Waals surface area contributed by atoms with Gasteiger partial charge in [0.25, 0.3) is 5.91 Å². The van der Waals surface area contributed by atoms with Gasteiger partial charge in [0, 0.05) is 5.69 Å². The SMILES string of the molecule is COc1ccc(NC(=O)[C@@H](C)OC(=O)COc2ccc(C)c(C)c2)cc1. The van der Waals surface area contributed by atoms with E-state index in [4.69, 9.17) is 14.2 Å². The first-order valence-electron chi connectivity index (χ1n) is 8.23. The molecule has 1 atom stereocenters. The van der Waals surface area contributed by atoms with Gasteiger partial charge in [0.1, 0.15) is 11.5 Å². The molecule has 2 aromatic carbocycles. The zero-order valence-electron chi connectivity index (χ0n) is 15.4. The first kappa shape index (κ1) is 19.3. The van der Waals surface area contributed by atoms with Gasteiger partial charge in [0.15, 0.2) is 12.7 Å². The fraction of sp³-hybridized carbons (Fsp3) is 0.300. The highest BCUT2D eigenvalue weighted by molar-refractivity contribution is 5.95. The Hall–Kier alpha value is -3.02. The number of hydrogen-bond acceptors (Lipinski definition) is 5. The maximum atomic E-state index is 12.1. The summed E-state index contributed by atoms with van der Waals surface area (Å²) in [5, 5.41) is 2.67. The minimum absolute atomic E-state index is 0.261. The number of benzene rings is 2. The van der Waals surface area contributed by atoms with Crippen LogP contribution >= 0.6 is 0 Å². The van der Waals surface area contributed by atoms with Crippen LogP contribution in [0.25, 0.3) is 0 Å². The molecular weight excluding hydrogens is 334 g/mol. The van der Waals surface area contributed by atoms with Crippen molar-refractivity contribution in [2.75, 3.05) is 19.0 Å².